The lowest BCUT2D eigenvalue weighted by molar-refractivity contribution is -0.287. The number of nitrogens with zero attached hydrogens (tertiary/aromatic N) is 1. The lowest BCUT2D eigenvalue weighted by Crippen LogP contribution is -2.51. The second-order valence-corrected chi connectivity index (χ2v) is 23.8. The molecule has 0 aliphatic carbocycles. The molecule has 38 heavy (non-hydrogen) atoms. The second kappa shape index (κ2) is 12.9. The van der Waals surface area contributed by atoms with Crippen LogP contribution in [0.4, 0.5) is 4.79 Å². The number of rotatable bonds is 9. The van der Waals surface area contributed by atoms with Crippen LogP contribution in [-0.2, 0) is 18.6 Å². The van der Waals surface area contributed by atoms with Gasteiger partial charge >= 0.3 is 6.09 Å². The Kier molecular flexibility index (Phi) is 11.8. The highest BCUT2D eigenvalue weighted by atomic mass is 28.4. The largest absolute Gasteiger partial charge is 0.416 e. The summed E-state index contributed by atoms with van der Waals surface area (Å²) in [6.45, 7) is 34.3. The molecule has 0 N–H and O–H groups in total. The van der Waals surface area contributed by atoms with Gasteiger partial charge in [0.15, 0.2) is 19.9 Å². The third-order valence-electron chi connectivity index (χ3n) is 7.23. The minimum atomic E-state index is -2.28. The molecule has 0 spiro atoms. The number of carbonyl (C=O) groups excluding carboxylic acids is 1. The lowest BCUT2D eigenvalue weighted by Gasteiger charge is -2.46. The van der Waals surface area contributed by atoms with Crippen molar-refractivity contribution in [3.05, 3.63) is 18.1 Å². The summed E-state index contributed by atoms with van der Waals surface area (Å²) < 4.78 is 25.3. The molecule has 0 aromatic rings. The van der Waals surface area contributed by atoms with Gasteiger partial charge in [-0.15, -0.1) is 11.5 Å². The van der Waals surface area contributed by atoms with Gasteiger partial charge in [-0.2, -0.15) is 0 Å². The van der Waals surface area contributed by atoms with Crippen molar-refractivity contribution in [3.63, 3.8) is 0 Å². The molecule has 0 aromatic heterocycles. The predicted molar refractivity (Wildman–Crippen MR) is 162 cm³/mol. The molecule has 1 amide bonds. The van der Waals surface area contributed by atoms with E-state index >= 15 is 0 Å². The molecule has 0 radical (unpaired) electrons. The number of carbonyl (C=O) groups is 1. The van der Waals surface area contributed by atoms with E-state index in [1.807, 2.05) is 41.5 Å². The standard InChI is InChI=1S/C30H55NO5Si2/c1-16-25(35-27(32)31(23(2)3)24(4)5)26(36-38(14,15)28(6,7)8)20-30(18-17-19-37(11,12)13)21-33-29(9,10)34-22-30/h23-24,26H,1,18,20-22H2,2-15H3. The van der Waals surface area contributed by atoms with E-state index in [2.05, 4.69) is 77.3 Å². The highest BCUT2D eigenvalue weighted by Crippen LogP contribution is 2.43. The summed E-state index contributed by atoms with van der Waals surface area (Å²) in [5.74, 6) is 3.10. The molecule has 6 nitrogen and oxygen atoms in total. The van der Waals surface area contributed by atoms with Gasteiger partial charge in [-0.25, -0.2) is 4.79 Å². The maximum atomic E-state index is 13.3. The van der Waals surface area contributed by atoms with E-state index in [0.29, 0.717) is 31.8 Å². The van der Waals surface area contributed by atoms with E-state index < -0.39 is 39.8 Å². The summed E-state index contributed by atoms with van der Waals surface area (Å²) in [7, 11) is -3.84. The van der Waals surface area contributed by atoms with E-state index in [1.54, 1.807) is 4.90 Å². The van der Waals surface area contributed by atoms with Crippen LogP contribution >= 0.6 is 0 Å². The monoisotopic (exact) mass is 565 g/mol. The molecule has 0 aromatic carbocycles. The SMILES string of the molecule is C=C=C(OC(=O)N(C(C)C)C(C)C)C(CC1(CC#C[Si](C)(C)C)COC(C)(C)OC1)O[Si](C)(C)C(C)(C)C. The number of ether oxygens (including phenoxy) is 3. The van der Waals surface area contributed by atoms with Crippen molar-refractivity contribution in [2.24, 2.45) is 5.41 Å². The molecule has 0 bridgehead atoms. The van der Waals surface area contributed by atoms with Crippen LogP contribution in [0.2, 0.25) is 37.8 Å². The maximum Gasteiger partial charge on any atom is 0.416 e. The Morgan fingerprint density at radius 3 is 1.92 bits per heavy atom. The zero-order valence-electron chi connectivity index (χ0n) is 26.8. The molecular formula is C30H55NO5Si2. The van der Waals surface area contributed by atoms with Crippen molar-refractivity contribution < 1.29 is 23.4 Å². The van der Waals surface area contributed by atoms with E-state index in [0.717, 1.165) is 0 Å². The summed E-state index contributed by atoms with van der Waals surface area (Å²) in [4.78, 5) is 15.0. The van der Waals surface area contributed by atoms with Crippen LogP contribution in [0.1, 0.15) is 75.2 Å². The van der Waals surface area contributed by atoms with E-state index in [4.69, 9.17) is 18.6 Å². The van der Waals surface area contributed by atoms with Crippen LogP contribution in [-0.4, -0.2) is 64.6 Å². The third kappa shape index (κ3) is 10.3. The van der Waals surface area contributed by atoms with Crippen LogP contribution in [0.15, 0.2) is 18.1 Å². The predicted octanol–water partition coefficient (Wildman–Crippen LogP) is 7.73. The van der Waals surface area contributed by atoms with E-state index in [-0.39, 0.29) is 17.1 Å². The van der Waals surface area contributed by atoms with Crippen molar-refractivity contribution >= 4 is 22.5 Å². The van der Waals surface area contributed by atoms with Crippen LogP contribution < -0.4 is 0 Å². The topological polar surface area (TPSA) is 57.2 Å². The molecule has 1 atom stereocenters. The van der Waals surface area contributed by atoms with Crippen molar-refractivity contribution in [2.45, 2.75) is 137 Å². The van der Waals surface area contributed by atoms with Crippen molar-refractivity contribution in [1.29, 1.82) is 0 Å². The minimum absolute atomic E-state index is 0.0149. The van der Waals surface area contributed by atoms with Gasteiger partial charge in [0.05, 0.1) is 13.2 Å². The molecule has 218 valence electrons. The fourth-order valence-corrected chi connectivity index (χ4v) is 5.89. The van der Waals surface area contributed by atoms with E-state index in [9.17, 15) is 4.79 Å². The van der Waals surface area contributed by atoms with Gasteiger partial charge in [0, 0.05) is 23.9 Å². The lowest BCUT2D eigenvalue weighted by atomic mass is 9.79. The maximum absolute atomic E-state index is 13.3. The second-order valence-electron chi connectivity index (χ2n) is 14.3. The number of hydrogen-bond donors (Lipinski definition) is 0. The molecule has 1 rings (SSSR count). The Balaban J connectivity index is 3.51. The average Bonchev–Trinajstić information content (AvgIpc) is 2.71. The van der Waals surface area contributed by atoms with Gasteiger partial charge in [-0.05, 0) is 66.1 Å². The summed E-state index contributed by atoms with van der Waals surface area (Å²) in [5, 5.41) is -0.0458. The Labute approximate surface area is 235 Å². The highest BCUT2D eigenvalue weighted by Gasteiger charge is 2.46. The summed E-state index contributed by atoms with van der Waals surface area (Å²) in [6, 6.07) is -0.0298. The first kappa shape index (κ1) is 34.7. The first-order valence-electron chi connectivity index (χ1n) is 13.9. The molecule has 1 heterocycles. The molecule has 8 heteroatoms. The summed E-state index contributed by atoms with van der Waals surface area (Å²) in [5.41, 5.74) is 5.99. The Hall–Kier alpha value is -1.34. The number of hydrogen-bond acceptors (Lipinski definition) is 5. The van der Waals surface area contributed by atoms with Gasteiger partial charge in [-0.1, -0.05) is 52.7 Å². The molecule has 1 unspecified atom stereocenters. The van der Waals surface area contributed by atoms with Gasteiger partial charge in [-0.3, -0.25) is 0 Å². The smallest absolute Gasteiger partial charge is 0.406 e. The van der Waals surface area contributed by atoms with Gasteiger partial charge in [0.1, 0.15) is 14.2 Å². The average molecular weight is 566 g/mol. The Morgan fingerprint density at radius 2 is 1.53 bits per heavy atom. The molecule has 1 fully saturated rings. The summed E-state index contributed by atoms with van der Waals surface area (Å²) >= 11 is 0. The highest BCUT2D eigenvalue weighted by molar-refractivity contribution is 6.83. The molecule has 0 saturated carbocycles. The van der Waals surface area contributed by atoms with Crippen molar-refractivity contribution in [2.75, 3.05) is 13.2 Å². The fourth-order valence-electron chi connectivity index (χ4n) is 4.02. The fraction of sp³-hybridized carbons (Fsp3) is 0.800. The third-order valence-corrected chi connectivity index (χ3v) is 12.6. The zero-order chi connectivity index (χ0) is 29.7. The normalized spacial score (nSPS) is 18.3. The molecule has 1 saturated heterocycles. The van der Waals surface area contributed by atoms with Crippen LogP contribution in [0, 0.1) is 16.9 Å². The van der Waals surface area contributed by atoms with Crippen LogP contribution in [0.25, 0.3) is 0 Å². The van der Waals surface area contributed by atoms with Crippen LogP contribution in [0.5, 0.6) is 0 Å². The van der Waals surface area contributed by atoms with Crippen molar-refractivity contribution in [3.8, 4) is 11.5 Å². The minimum Gasteiger partial charge on any atom is -0.406 e. The van der Waals surface area contributed by atoms with Gasteiger partial charge < -0.3 is 23.5 Å². The number of amides is 1. The van der Waals surface area contributed by atoms with E-state index in [1.165, 1.54) is 0 Å². The van der Waals surface area contributed by atoms with Gasteiger partial charge in [0.2, 0.25) is 0 Å². The van der Waals surface area contributed by atoms with Crippen molar-refractivity contribution in [1.82, 2.24) is 4.90 Å². The summed E-state index contributed by atoms with van der Waals surface area (Å²) in [6.07, 6.45) is 0.160. The Bertz CT molecular complexity index is 907. The zero-order valence-corrected chi connectivity index (χ0v) is 28.8. The first-order chi connectivity index (χ1) is 17.0. The molecular weight excluding hydrogens is 511 g/mol. The Morgan fingerprint density at radius 1 is 1.03 bits per heavy atom. The molecule has 1 aliphatic heterocycles. The van der Waals surface area contributed by atoms with Crippen LogP contribution in [0.3, 0.4) is 0 Å². The van der Waals surface area contributed by atoms with Gasteiger partial charge in [0.25, 0.3) is 0 Å². The first-order valence-corrected chi connectivity index (χ1v) is 20.3. The quantitative estimate of drug-likeness (QED) is 0.124. The molecule has 1 aliphatic rings.